The van der Waals surface area contributed by atoms with Crippen LogP contribution in [0.4, 0.5) is 17.6 Å². The van der Waals surface area contributed by atoms with Crippen LogP contribution in [0.5, 0.6) is 0 Å². The second-order valence-electron chi connectivity index (χ2n) is 4.36. The lowest BCUT2D eigenvalue weighted by Gasteiger charge is -2.17. The summed E-state index contributed by atoms with van der Waals surface area (Å²) in [5, 5.41) is 2.92. The van der Waals surface area contributed by atoms with Gasteiger partial charge in [-0.1, -0.05) is 6.07 Å². The highest BCUT2D eigenvalue weighted by Gasteiger charge is 2.34. The smallest absolute Gasteiger partial charge is 0.336 e. The zero-order chi connectivity index (χ0) is 14.9. The number of nitrogens with zero attached hydrogens (tertiary/aromatic N) is 2. The lowest BCUT2D eigenvalue weighted by atomic mass is 10.0. The topological polar surface area (TPSA) is 29.9 Å². The highest BCUT2D eigenvalue weighted by Crippen LogP contribution is 2.33. The van der Waals surface area contributed by atoms with Crippen LogP contribution in [0.25, 0.3) is 0 Å². The molecule has 1 heterocycles. The molecule has 0 aliphatic heterocycles. The Kier molecular flexibility index (Phi) is 3.80. The molecule has 0 saturated carbocycles. The van der Waals surface area contributed by atoms with Gasteiger partial charge in [-0.25, -0.2) is 9.37 Å². The van der Waals surface area contributed by atoms with Crippen LogP contribution in [0.15, 0.2) is 30.6 Å². The van der Waals surface area contributed by atoms with Gasteiger partial charge in [-0.15, -0.1) is 0 Å². The minimum Gasteiger partial charge on any atom is -0.336 e. The first-order valence-electron chi connectivity index (χ1n) is 5.85. The van der Waals surface area contributed by atoms with Crippen LogP contribution in [-0.4, -0.2) is 16.6 Å². The molecule has 1 N–H and O–H groups in total. The summed E-state index contributed by atoms with van der Waals surface area (Å²) in [5.74, 6) is -0.698. The minimum absolute atomic E-state index is 0.382. The van der Waals surface area contributed by atoms with Gasteiger partial charge in [-0.3, -0.25) is 0 Å². The zero-order valence-electron chi connectivity index (χ0n) is 10.9. The number of benzene rings is 1. The van der Waals surface area contributed by atoms with Crippen molar-refractivity contribution in [1.82, 2.24) is 14.9 Å². The third-order valence-electron chi connectivity index (χ3n) is 3.04. The standard InChI is InChI=1S/C13H13F4N3/c1-18-11(12-19-5-6-20(12)2)8-3-4-9(10(14)7-8)13(15,16)17/h3-7,11,18H,1-2H3. The Morgan fingerprint density at radius 3 is 2.45 bits per heavy atom. The molecule has 0 spiro atoms. The highest BCUT2D eigenvalue weighted by atomic mass is 19.4. The van der Waals surface area contributed by atoms with Gasteiger partial charge in [-0.05, 0) is 24.7 Å². The minimum atomic E-state index is -4.69. The Morgan fingerprint density at radius 1 is 1.30 bits per heavy atom. The molecule has 0 saturated heterocycles. The van der Waals surface area contributed by atoms with Crippen molar-refractivity contribution in [3.8, 4) is 0 Å². The van der Waals surface area contributed by atoms with Crippen LogP contribution in [-0.2, 0) is 13.2 Å². The quantitative estimate of drug-likeness (QED) is 0.880. The predicted molar refractivity (Wildman–Crippen MR) is 65.5 cm³/mol. The number of imidazole rings is 1. The Bertz CT molecular complexity index is 604. The van der Waals surface area contributed by atoms with E-state index in [1.807, 2.05) is 0 Å². The lowest BCUT2D eigenvalue weighted by molar-refractivity contribution is -0.140. The van der Waals surface area contributed by atoms with E-state index < -0.39 is 23.6 Å². The van der Waals surface area contributed by atoms with Crippen LogP contribution >= 0.6 is 0 Å². The van der Waals surface area contributed by atoms with Crippen molar-refractivity contribution >= 4 is 0 Å². The van der Waals surface area contributed by atoms with E-state index in [4.69, 9.17) is 0 Å². The fraction of sp³-hybridized carbons (Fsp3) is 0.308. The van der Waals surface area contributed by atoms with Gasteiger partial charge >= 0.3 is 6.18 Å². The van der Waals surface area contributed by atoms with Crippen molar-refractivity contribution in [2.75, 3.05) is 7.05 Å². The Labute approximate surface area is 113 Å². The third kappa shape index (κ3) is 2.67. The van der Waals surface area contributed by atoms with Gasteiger partial charge < -0.3 is 9.88 Å². The Morgan fingerprint density at radius 2 is 2.00 bits per heavy atom. The summed E-state index contributed by atoms with van der Waals surface area (Å²) in [6.07, 6.45) is -1.42. The van der Waals surface area contributed by atoms with Crippen LogP contribution in [0.2, 0.25) is 0 Å². The molecule has 3 nitrogen and oxygen atoms in total. The molecule has 0 radical (unpaired) electrons. The monoisotopic (exact) mass is 287 g/mol. The molecule has 1 unspecified atom stereocenters. The van der Waals surface area contributed by atoms with Crippen molar-refractivity contribution in [2.24, 2.45) is 7.05 Å². The Hall–Kier alpha value is -1.89. The van der Waals surface area contributed by atoms with Crippen molar-refractivity contribution in [1.29, 1.82) is 0 Å². The summed E-state index contributed by atoms with van der Waals surface area (Å²) in [5.41, 5.74) is -0.886. The van der Waals surface area contributed by atoms with Gasteiger partial charge in [0, 0.05) is 19.4 Å². The number of aromatic nitrogens is 2. The second-order valence-corrected chi connectivity index (χ2v) is 4.36. The Balaban J connectivity index is 2.43. The van der Waals surface area contributed by atoms with E-state index in [1.54, 1.807) is 31.1 Å². The van der Waals surface area contributed by atoms with Crippen LogP contribution in [0.1, 0.15) is 23.0 Å². The highest BCUT2D eigenvalue weighted by molar-refractivity contribution is 5.31. The van der Waals surface area contributed by atoms with Crippen molar-refractivity contribution < 1.29 is 17.6 Å². The molecule has 1 aromatic heterocycles. The molecule has 108 valence electrons. The average Bonchev–Trinajstić information content (AvgIpc) is 2.75. The molecule has 20 heavy (non-hydrogen) atoms. The van der Waals surface area contributed by atoms with Crippen LogP contribution in [0.3, 0.4) is 0 Å². The van der Waals surface area contributed by atoms with E-state index in [1.165, 1.54) is 6.07 Å². The van der Waals surface area contributed by atoms with Crippen LogP contribution < -0.4 is 5.32 Å². The van der Waals surface area contributed by atoms with E-state index in [0.717, 1.165) is 12.1 Å². The number of aryl methyl sites for hydroxylation is 1. The van der Waals surface area contributed by atoms with Gasteiger partial charge in [0.1, 0.15) is 11.6 Å². The molecule has 0 amide bonds. The summed E-state index contributed by atoms with van der Waals surface area (Å²) in [7, 11) is 3.39. The summed E-state index contributed by atoms with van der Waals surface area (Å²) < 4.78 is 52.9. The van der Waals surface area contributed by atoms with Gasteiger partial charge in [0.05, 0.1) is 11.6 Å². The lowest BCUT2D eigenvalue weighted by Crippen LogP contribution is -2.22. The molecule has 7 heteroatoms. The summed E-state index contributed by atoms with van der Waals surface area (Å²) in [6.45, 7) is 0. The molecule has 2 aromatic rings. The average molecular weight is 287 g/mol. The van der Waals surface area contributed by atoms with E-state index in [0.29, 0.717) is 11.4 Å². The normalized spacial score (nSPS) is 13.5. The molecule has 2 rings (SSSR count). The van der Waals surface area contributed by atoms with Gasteiger partial charge in [-0.2, -0.15) is 13.2 Å². The molecule has 1 aromatic carbocycles. The summed E-state index contributed by atoms with van der Waals surface area (Å²) in [4.78, 5) is 4.12. The molecular formula is C13H13F4N3. The van der Waals surface area contributed by atoms with Crippen molar-refractivity contribution in [3.63, 3.8) is 0 Å². The van der Waals surface area contributed by atoms with E-state index in [2.05, 4.69) is 10.3 Å². The maximum Gasteiger partial charge on any atom is 0.419 e. The molecule has 0 fully saturated rings. The number of nitrogens with one attached hydrogen (secondary N) is 1. The largest absolute Gasteiger partial charge is 0.419 e. The molecule has 0 aliphatic rings. The number of halogens is 4. The van der Waals surface area contributed by atoms with Crippen molar-refractivity contribution in [2.45, 2.75) is 12.2 Å². The molecular weight excluding hydrogens is 274 g/mol. The molecule has 0 aliphatic carbocycles. The van der Waals surface area contributed by atoms with Crippen LogP contribution in [0, 0.1) is 5.82 Å². The zero-order valence-corrected chi connectivity index (χ0v) is 10.9. The number of hydrogen-bond acceptors (Lipinski definition) is 2. The first-order valence-corrected chi connectivity index (χ1v) is 5.85. The first-order chi connectivity index (χ1) is 9.34. The third-order valence-corrected chi connectivity index (χ3v) is 3.04. The van der Waals surface area contributed by atoms with Crippen molar-refractivity contribution in [3.05, 3.63) is 53.4 Å². The van der Waals surface area contributed by atoms with Gasteiger partial charge in [0.25, 0.3) is 0 Å². The molecule has 1 atom stereocenters. The fourth-order valence-corrected chi connectivity index (χ4v) is 2.04. The summed E-state index contributed by atoms with van der Waals surface area (Å²) in [6, 6.07) is 2.41. The molecule has 0 bridgehead atoms. The SMILES string of the molecule is CNC(c1ccc(C(F)(F)F)c(F)c1)c1nccn1C. The van der Waals surface area contributed by atoms with Gasteiger partial charge in [0.2, 0.25) is 0 Å². The predicted octanol–water partition coefficient (Wildman–Crippen LogP) is 2.89. The fourth-order valence-electron chi connectivity index (χ4n) is 2.04. The number of hydrogen-bond donors (Lipinski definition) is 1. The van der Waals surface area contributed by atoms with E-state index in [9.17, 15) is 17.6 Å². The maximum absolute atomic E-state index is 13.6. The van der Waals surface area contributed by atoms with E-state index >= 15 is 0 Å². The number of alkyl halides is 3. The summed E-state index contributed by atoms with van der Waals surface area (Å²) >= 11 is 0. The number of rotatable bonds is 3. The van der Waals surface area contributed by atoms with Gasteiger partial charge in [0.15, 0.2) is 0 Å². The first kappa shape index (κ1) is 14.5. The maximum atomic E-state index is 13.6. The second kappa shape index (κ2) is 5.24. The van der Waals surface area contributed by atoms with E-state index in [-0.39, 0.29) is 0 Å².